The second-order valence-corrected chi connectivity index (χ2v) is 8.47. The quantitative estimate of drug-likeness (QED) is 0.597. The van der Waals surface area contributed by atoms with Crippen molar-refractivity contribution in [3.8, 4) is 0 Å². The van der Waals surface area contributed by atoms with Crippen molar-refractivity contribution in [2.75, 3.05) is 19.6 Å². The van der Waals surface area contributed by atoms with Gasteiger partial charge in [-0.25, -0.2) is 0 Å². The zero-order valence-corrected chi connectivity index (χ0v) is 17.3. The van der Waals surface area contributed by atoms with Crippen LogP contribution in [-0.4, -0.2) is 51.4 Å². The van der Waals surface area contributed by atoms with E-state index in [9.17, 15) is 4.79 Å². The molecular weight excluding hydrogens is 380 g/mol. The molecule has 0 aromatic carbocycles. The summed E-state index contributed by atoms with van der Waals surface area (Å²) in [6.45, 7) is 3.73. The molecule has 1 aliphatic rings. The normalized spacial score (nSPS) is 15.3. The van der Waals surface area contributed by atoms with Gasteiger partial charge in [0.05, 0.1) is 5.56 Å². The summed E-state index contributed by atoms with van der Waals surface area (Å²) in [7, 11) is 0. The van der Waals surface area contributed by atoms with Gasteiger partial charge in [-0.3, -0.25) is 14.8 Å². The Morgan fingerprint density at radius 2 is 1.86 bits per heavy atom. The Kier molecular flexibility index (Phi) is 6.64. The third-order valence-electron chi connectivity index (χ3n) is 5.50. The molecule has 1 saturated heterocycles. The number of thiophene rings is 1. The summed E-state index contributed by atoms with van der Waals surface area (Å²) in [5.74, 6) is 0.0546. The first-order valence-corrected chi connectivity index (χ1v) is 11.0. The van der Waals surface area contributed by atoms with Crippen molar-refractivity contribution in [1.29, 1.82) is 0 Å². The maximum atomic E-state index is 13.3. The second-order valence-electron chi connectivity index (χ2n) is 7.44. The highest BCUT2D eigenvalue weighted by atomic mass is 32.1. The number of likely N-dealkylation sites (tertiary alicyclic amines) is 1. The molecule has 0 saturated carbocycles. The van der Waals surface area contributed by atoms with Crippen LogP contribution in [0.1, 0.15) is 33.6 Å². The second kappa shape index (κ2) is 9.76. The van der Waals surface area contributed by atoms with Crippen LogP contribution in [0.5, 0.6) is 0 Å². The van der Waals surface area contributed by atoms with Gasteiger partial charge in [-0.2, -0.15) is 0 Å². The molecule has 4 rings (SSSR count). The van der Waals surface area contributed by atoms with Crippen LogP contribution in [0.15, 0.2) is 66.6 Å². The highest BCUT2D eigenvalue weighted by Gasteiger charge is 2.28. The fourth-order valence-corrected chi connectivity index (χ4v) is 4.59. The fraction of sp³-hybridized carbons (Fsp3) is 0.348. The monoisotopic (exact) mass is 406 g/mol. The van der Waals surface area contributed by atoms with Crippen LogP contribution in [0.25, 0.3) is 0 Å². The van der Waals surface area contributed by atoms with E-state index in [1.165, 1.54) is 4.88 Å². The van der Waals surface area contributed by atoms with E-state index in [1.54, 1.807) is 18.6 Å². The number of carbonyl (C=O) groups excluding carboxylic acids is 1. The zero-order valence-electron chi connectivity index (χ0n) is 16.5. The Hall–Kier alpha value is -2.57. The molecule has 0 unspecified atom stereocenters. The summed E-state index contributed by atoms with van der Waals surface area (Å²) in [5.41, 5.74) is 1.71. The molecule has 4 heterocycles. The van der Waals surface area contributed by atoms with Gasteiger partial charge in [0, 0.05) is 61.9 Å². The van der Waals surface area contributed by atoms with E-state index in [2.05, 4.69) is 32.4 Å². The van der Waals surface area contributed by atoms with Gasteiger partial charge >= 0.3 is 0 Å². The largest absolute Gasteiger partial charge is 0.331 e. The van der Waals surface area contributed by atoms with Crippen molar-refractivity contribution in [2.45, 2.75) is 31.8 Å². The molecule has 0 atom stereocenters. The molecule has 0 aliphatic carbocycles. The standard InChI is InChI=1S/C23H26N4OS/c28-23(20-5-2-11-25-17-20)27(18-19-4-1-10-24-16-19)21-7-12-26(13-8-21)14-9-22-6-3-15-29-22/h1-6,10-11,15-17,21H,7-9,12-14,18H2. The maximum Gasteiger partial charge on any atom is 0.255 e. The van der Waals surface area contributed by atoms with Crippen LogP contribution in [-0.2, 0) is 13.0 Å². The van der Waals surface area contributed by atoms with Crippen LogP contribution in [0, 0.1) is 0 Å². The molecule has 1 amide bonds. The number of aromatic nitrogens is 2. The summed E-state index contributed by atoms with van der Waals surface area (Å²) < 4.78 is 0. The molecule has 29 heavy (non-hydrogen) atoms. The lowest BCUT2D eigenvalue weighted by molar-refractivity contribution is 0.0550. The summed E-state index contributed by atoms with van der Waals surface area (Å²) in [6, 6.07) is 12.2. The van der Waals surface area contributed by atoms with Gasteiger partial charge in [0.2, 0.25) is 0 Å². The van der Waals surface area contributed by atoms with Crippen LogP contribution < -0.4 is 0 Å². The fourth-order valence-electron chi connectivity index (χ4n) is 3.89. The van der Waals surface area contributed by atoms with Crippen molar-refractivity contribution in [3.05, 3.63) is 82.6 Å². The number of hydrogen-bond acceptors (Lipinski definition) is 5. The SMILES string of the molecule is O=C(c1cccnc1)N(Cc1cccnc1)C1CCN(CCc2cccs2)CC1. The molecule has 1 fully saturated rings. The van der Waals surface area contributed by atoms with Gasteiger partial charge < -0.3 is 9.80 Å². The van der Waals surface area contributed by atoms with Crippen LogP contribution in [0.3, 0.4) is 0 Å². The Labute approximate surface area is 176 Å². The summed E-state index contributed by atoms with van der Waals surface area (Å²) >= 11 is 1.83. The Morgan fingerprint density at radius 3 is 2.52 bits per heavy atom. The zero-order chi connectivity index (χ0) is 19.9. The molecule has 1 aliphatic heterocycles. The molecular formula is C23H26N4OS. The van der Waals surface area contributed by atoms with Gasteiger partial charge in [-0.1, -0.05) is 12.1 Å². The van der Waals surface area contributed by atoms with Gasteiger partial charge in [-0.15, -0.1) is 11.3 Å². The van der Waals surface area contributed by atoms with Crippen molar-refractivity contribution >= 4 is 17.2 Å². The van der Waals surface area contributed by atoms with Crippen molar-refractivity contribution < 1.29 is 4.79 Å². The number of carbonyl (C=O) groups is 1. The minimum Gasteiger partial charge on any atom is -0.331 e. The molecule has 0 radical (unpaired) electrons. The molecule has 0 bridgehead atoms. The van der Waals surface area contributed by atoms with E-state index < -0.39 is 0 Å². The first kappa shape index (κ1) is 19.7. The Bertz CT molecular complexity index is 878. The van der Waals surface area contributed by atoms with Gasteiger partial charge in [0.15, 0.2) is 0 Å². The van der Waals surface area contributed by atoms with E-state index in [1.807, 2.05) is 46.7 Å². The lowest BCUT2D eigenvalue weighted by Crippen LogP contribution is -2.47. The Morgan fingerprint density at radius 1 is 1.07 bits per heavy atom. The summed E-state index contributed by atoms with van der Waals surface area (Å²) in [4.78, 5) is 27.6. The predicted octanol–water partition coefficient (Wildman–Crippen LogP) is 3.89. The highest BCUT2D eigenvalue weighted by molar-refractivity contribution is 7.09. The first-order valence-electron chi connectivity index (χ1n) is 10.1. The minimum absolute atomic E-state index is 0.0546. The molecule has 150 valence electrons. The molecule has 6 heteroatoms. The van der Waals surface area contributed by atoms with Crippen molar-refractivity contribution in [3.63, 3.8) is 0 Å². The van der Waals surface area contributed by atoms with E-state index in [4.69, 9.17) is 0 Å². The van der Waals surface area contributed by atoms with Gasteiger partial charge in [0.25, 0.3) is 5.91 Å². The number of amides is 1. The third kappa shape index (κ3) is 5.28. The third-order valence-corrected chi connectivity index (χ3v) is 6.43. The first-order chi connectivity index (χ1) is 14.3. The highest BCUT2D eigenvalue weighted by Crippen LogP contribution is 2.22. The number of nitrogens with zero attached hydrogens (tertiary/aromatic N) is 4. The van der Waals surface area contributed by atoms with E-state index >= 15 is 0 Å². The minimum atomic E-state index is 0.0546. The maximum absolute atomic E-state index is 13.3. The average Bonchev–Trinajstić information content (AvgIpc) is 3.31. The van der Waals surface area contributed by atoms with Crippen LogP contribution in [0.4, 0.5) is 0 Å². The number of piperidine rings is 1. The topological polar surface area (TPSA) is 49.3 Å². The summed E-state index contributed by atoms with van der Waals surface area (Å²) in [6.07, 6.45) is 10.1. The van der Waals surface area contributed by atoms with Gasteiger partial charge in [-0.05, 0) is 54.5 Å². The predicted molar refractivity (Wildman–Crippen MR) is 116 cm³/mol. The lowest BCUT2D eigenvalue weighted by Gasteiger charge is -2.38. The van der Waals surface area contributed by atoms with Crippen LogP contribution in [0.2, 0.25) is 0 Å². The lowest BCUT2D eigenvalue weighted by atomic mass is 10.0. The molecule has 0 spiro atoms. The van der Waals surface area contributed by atoms with Crippen molar-refractivity contribution in [1.82, 2.24) is 19.8 Å². The van der Waals surface area contributed by atoms with E-state index in [0.29, 0.717) is 12.1 Å². The van der Waals surface area contributed by atoms with E-state index in [0.717, 1.165) is 44.5 Å². The smallest absolute Gasteiger partial charge is 0.255 e. The van der Waals surface area contributed by atoms with Gasteiger partial charge in [0.1, 0.15) is 0 Å². The molecule has 3 aromatic rings. The van der Waals surface area contributed by atoms with Crippen LogP contribution >= 0.6 is 11.3 Å². The molecule has 5 nitrogen and oxygen atoms in total. The number of rotatable bonds is 7. The summed E-state index contributed by atoms with van der Waals surface area (Å²) in [5, 5.41) is 2.14. The average molecular weight is 407 g/mol. The number of pyridine rings is 2. The molecule has 0 N–H and O–H groups in total. The van der Waals surface area contributed by atoms with E-state index in [-0.39, 0.29) is 11.9 Å². The number of hydrogen-bond donors (Lipinski definition) is 0. The Balaban J connectivity index is 1.41. The molecule has 3 aromatic heterocycles. The van der Waals surface area contributed by atoms with Crippen molar-refractivity contribution in [2.24, 2.45) is 0 Å².